The van der Waals surface area contributed by atoms with Gasteiger partial charge in [-0.1, -0.05) is 0 Å². The first-order valence-electron chi connectivity index (χ1n) is 7.31. The fraction of sp³-hybridized carbons (Fsp3) is 1.00. The molecule has 0 aromatic heterocycles. The molecule has 4 rings (SSSR count). The van der Waals surface area contributed by atoms with Crippen LogP contribution in [0.1, 0.15) is 59.8 Å². The van der Waals surface area contributed by atoms with Crippen molar-refractivity contribution >= 4 is 7.12 Å². The van der Waals surface area contributed by atoms with Crippen molar-refractivity contribution in [2.75, 3.05) is 0 Å². The van der Waals surface area contributed by atoms with Gasteiger partial charge in [-0.25, -0.2) is 0 Å². The average Bonchev–Trinajstić information content (AvgIpc) is 2.28. The summed E-state index contributed by atoms with van der Waals surface area (Å²) in [6, 6.07) is 0. The summed E-state index contributed by atoms with van der Waals surface area (Å²) in [5, 5.41) is -0.0172. The molecule has 4 aliphatic rings. The van der Waals surface area contributed by atoms with Crippen molar-refractivity contribution in [3.8, 4) is 0 Å². The summed E-state index contributed by atoms with van der Waals surface area (Å²) in [4.78, 5) is 0. The highest BCUT2D eigenvalue weighted by atomic mass is 19.4. The SMILES string of the molecule is CC1(C)OB(C23CC(CCC(F)(F)F)(C2)C3)OC1(C)C. The first-order chi connectivity index (χ1) is 8.89. The summed E-state index contributed by atoms with van der Waals surface area (Å²) in [5.74, 6) is 0. The Labute approximate surface area is 118 Å². The van der Waals surface area contributed by atoms with E-state index in [9.17, 15) is 13.2 Å². The average molecular weight is 290 g/mol. The number of hydrogen-bond acceptors (Lipinski definition) is 2. The summed E-state index contributed by atoms with van der Waals surface area (Å²) in [7, 11) is -0.250. The lowest BCUT2D eigenvalue weighted by atomic mass is 9.23. The molecule has 0 aromatic carbocycles. The van der Waals surface area contributed by atoms with Gasteiger partial charge in [0.1, 0.15) is 0 Å². The molecule has 0 unspecified atom stereocenters. The molecule has 1 heterocycles. The summed E-state index contributed by atoms with van der Waals surface area (Å²) in [5.41, 5.74) is -0.794. The van der Waals surface area contributed by atoms with Crippen LogP contribution >= 0.6 is 0 Å². The second-order valence-electron chi connectivity index (χ2n) is 8.10. The van der Waals surface area contributed by atoms with Gasteiger partial charge in [0.25, 0.3) is 0 Å². The zero-order valence-corrected chi connectivity index (χ0v) is 12.6. The highest BCUT2D eigenvalue weighted by molar-refractivity contribution is 6.51. The van der Waals surface area contributed by atoms with Gasteiger partial charge in [-0.05, 0) is 58.8 Å². The molecule has 0 amide bonds. The minimum absolute atomic E-state index is 0.0172. The van der Waals surface area contributed by atoms with Crippen LogP contribution in [0.5, 0.6) is 0 Å². The molecule has 114 valence electrons. The standard InChI is InChI=1S/C14H22BF3O2/c1-10(2)11(3,4)20-15(19-10)13-7-12(8-13,9-13)5-6-14(16,17)18/h5-9H2,1-4H3. The fourth-order valence-electron chi connectivity index (χ4n) is 4.10. The summed E-state index contributed by atoms with van der Waals surface area (Å²) >= 11 is 0. The lowest BCUT2D eigenvalue weighted by Crippen LogP contribution is -2.64. The molecule has 0 radical (unpaired) electrons. The van der Waals surface area contributed by atoms with E-state index in [1.165, 1.54) is 0 Å². The van der Waals surface area contributed by atoms with Crippen LogP contribution in [0, 0.1) is 5.41 Å². The van der Waals surface area contributed by atoms with Gasteiger partial charge in [0.05, 0.1) is 11.2 Å². The normalized spacial score (nSPS) is 41.2. The largest absolute Gasteiger partial charge is 0.464 e. The highest BCUT2D eigenvalue weighted by Gasteiger charge is 2.76. The summed E-state index contributed by atoms with van der Waals surface area (Å²) in [6.07, 6.45) is -1.95. The maximum absolute atomic E-state index is 12.3. The van der Waals surface area contributed by atoms with E-state index in [2.05, 4.69) is 0 Å². The van der Waals surface area contributed by atoms with E-state index in [1.807, 2.05) is 27.7 Å². The van der Waals surface area contributed by atoms with E-state index in [-0.39, 0.29) is 35.5 Å². The van der Waals surface area contributed by atoms with Crippen molar-refractivity contribution in [1.82, 2.24) is 0 Å². The molecule has 4 fully saturated rings. The van der Waals surface area contributed by atoms with Gasteiger partial charge < -0.3 is 9.31 Å². The van der Waals surface area contributed by atoms with Gasteiger partial charge in [0.2, 0.25) is 0 Å². The molecule has 0 N–H and O–H groups in total. The molecule has 6 heteroatoms. The van der Waals surface area contributed by atoms with Crippen LogP contribution in [0.15, 0.2) is 0 Å². The van der Waals surface area contributed by atoms with Gasteiger partial charge in [-0.2, -0.15) is 13.2 Å². The van der Waals surface area contributed by atoms with Crippen molar-refractivity contribution < 1.29 is 22.5 Å². The molecule has 2 nitrogen and oxygen atoms in total. The quantitative estimate of drug-likeness (QED) is 0.720. The van der Waals surface area contributed by atoms with E-state index in [4.69, 9.17) is 9.31 Å². The van der Waals surface area contributed by atoms with Crippen molar-refractivity contribution in [2.45, 2.75) is 82.5 Å². The molecule has 1 saturated heterocycles. The number of alkyl halides is 3. The molecule has 0 spiro atoms. The molecule has 3 aliphatic carbocycles. The van der Waals surface area contributed by atoms with Crippen molar-refractivity contribution in [2.24, 2.45) is 5.41 Å². The van der Waals surface area contributed by atoms with Gasteiger partial charge in [0.15, 0.2) is 0 Å². The van der Waals surface area contributed by atoms with Crippen LogP contribution in [-0.2, 0) is 9.31 Å². The second-order valence-corrected chi connectivity index (χ2v) is 8.10. The lowest BCUT2D eigenvalue weighted by molar-refractivity contribution is -0.172. The van der Waals surface area contributed by atoms with Crippen molar-refractivity contribution in [3.05, 3.63) is 0 Å². The van der Waals surface area contributed by atoms with E-state index >= 15 is 0 Å². The Bertz CT molecular complexity index is 395. The molecule has 1 aliphatic heterocycles. The number of halogens is 3. The second kappa shape index (κ2) is 3.75. The summed E-state index contributed by atoms with van der Waals surface area (Å²) in [6.45, 7) is 8.05. The molecular weight excluding hydrogens is 268 g/mol. The fourth-order valence-corrected chi connectivity index (χ4v) is 4.10. The molecule has 3 saturated carbocycles. The van der Waals surface area contributed by atoms with E-state index in [0.717, 1.165) is 19.3 Å². The van der Waals surface area contributed by atoms with Gasteiger partial charge >= 0.3 is 13.3 Å². The van der Waals surface area contributed by atoms with Crippen LogP contribution in [0.25, 0.3) is 0 Å². The zero-order valence-electron chi connectivity index (χ0n) is 12.6. The number of rotatable bonds is 3. The van der Waals surface area contributed by atoms with Crippen molar-refractivity contribution in [3.63, 3.8) is 0 Å². The molecular formula is C14H22BF3O2. The first kappa shape index (κ1) is 14.7. The molecule has 20 heavy (non-hydrogen) atoms. The Kier molecular flexibility index (Phi) is 2.76. The molecule has 0 atom stereocenters. The Morgan fingerprint density at radius 2 is 1.40 bits per heavy atom. The van der Waals surface area contributed by atoms with Gasteiger partial charge in [0, 0.05) is 11.7 Å². The predicted octanol–water partition coefficient (Wildman–Crippen LogP) is 4.35. The van der Waals surface area contributed by atoms with E-state index in [1.54, 1.807) is 0 Å². The van der Waals surface area contributed by atoms with Crippen LogP contribution in [-0.4, -0.2) is 24.5 Å². The molecule has 0 aromatic rings. The van der Waals surface area contributed by atoms with Gasteiger partial charge in [-0.3, -0.25) is 0 Å². The number of hydrogen-bond donors (Lipinski definition) is 0. The van der Waals surface area contributed by atoms with E-state index in [0.29, 0.717) is 0 Å². The lowest BCUT2D eigenvalue weighted by Gasteiger charge is -2.71. The Balaban J connectivity index is 1.57. The smallest absolute Gasteiger partial charge is 0.403 e. The summed E-state index contributed by atoms with van der Waals surface area (Å²) < 4.78 is 49.1. The highest BCUT2D eigenvalue weighted by Crippen LogP contribution is 2.82. The third-order valence-electron chi connectivity index (χ3n) is 5.87. The maximum atomic E-state index is 12.3. The van der Waals surface area contributed by atoms with Crippen LogP contribution in [0.3, 0.4) is 0 Å². The topological polar surface area (TPSA) is 18.5 Å². The van der Waals surface area contributed by atoms with Crippen molar-refractivity contribution in [1.29, 1.82) is 0 Å². The monoisotopic (exact) mass is 290 g/mol. The predicted molar refractivity (Wildman–Crippen MR) is 70.3 cm³/mol. The minimum Gasteiger partial charge on any atom is -0.403 e. The van der Waals surface area contributed by atoms with Gasteiger partial charge in [-0.15, -0.1) is 0 Å². The minimum atomic E-state index is -4.03. The third-order valence-corrected chi connectivity index (χ3v) is 5.87. The third kappa shape index (κ3) is 2.02. The van der Waals surface area contributed by atoms with Crippen LogP contribution in [0.4, 0.5) is 13.2 Å². The van der Waals surface area contributed by atoms with Crippen LogP contribution < -0.4 is 0 Å². The maximum Gasteiger partial charge on any atom is 0.464 e. The Hall–Kier alpha value is -0.225. The van der Waals surface area contributed by atoms with E-state index < -0.39 is 12.6 Å². The Morgan fingerprint density at radius 1 is 0.950 bits per heavy atom. The first-order valence-corrected chi connectivity index (χ1v) is 7.31. The van der Waals surface area contributed by atoms with Crippen LogP contribution in [0.2, 0.25) is 5.31 Å². The Morgan fingerprint density at radius 3 is 1.80 bits per heavy atom. The zero-order chi connectivity index (χ0) is 15.0. The molecule has 2 bridgehead atoms.